The summed E-state index contributed by atoms with van der Waals surface area (Å²) < 4.78 is 9.21. The van der Waals surface area contributed by atoms with Gasteiger partial charge in [-0.25, -0.2) is 19.3 Å². The summed E-state index contributed by atoms with van der Waals surface area (Å²) in [4.78, 5) is 25.6. The van der Waals surface area contributed by atoms with Gasteiger partial charge in [-0.2, -0.15) is 15.3 Å². The molecule has 0 amide bonds. The molecule has 33 heavy (non-hydrogen) atoms. The van der Waals surface area contributed by atoms with Gasteiger partial charge in [0, 0.05) is 29.9 Å². The topological polar surface area (TPSA) is 138 Å². The lowest BCUT2D eigenvalue weighted by atomic mass is 10.0. The fraction of sp³-hybridized carbons (Fsp3) is 0.217. The molecule has 0 radical (unpaired) electrons. The van der Waals surface area contributed by atoms with Gasteiger partial charge in [0.05, 0.1) is 17.8 Å². The number of aromatic nitrogens is 6. The van der Waals surface area contributed by atoms with Crippen LogP contribution in [0.25, 0.3) is 16.8 Å². The Labute approximate surface area is 188 Å². The lowest BCUT2D eigenvalue weighted by Gasteiger charge is -2.22. The smallest absolute Gasteiger partial charge is 0.355 e. The van der Waals surface area contributed by atoms with Gasteiger partial charge in [-0.05, 0) is 26.0 Å². The molecule has 5 rings (SSSR count). The second kappa shape index (κ2) is 7.56. The number of rotatable bonds is 0. The second-order valence-corrected chi connectivity index (χ2v) is 7.92. The van der Waals surface area contributed by atoms with Gasteiger partial charge in [-0.3, -0.25) is 4.68 Å². The number of pyridine rings is 1. The first-order valence-corrected chi connectivity index (χ1v) is 10.3. The molecule has 1 aromatic carbocycles. The van der Waals surface area contributed by atoms with Gasteiger partial charge in [-0.15, -0.1) is 0 Å². The SMILES string of the molecule is Cc1ccc2c(c1)[C@@H](C)Oc1cc(cnc1N)-c1c(nn(C)c1C#N)Cc1ncnc(=O)n1-2. The van der Waals surface area contributed by atoms with E-state index in [-0.39, 0.29) is 12.2 Å². The summed E-state index contributed by atoms with van der Waals surface area (Å²) in [6, 6.07) is 9.70. The fourth-order valence-electron chi connectivity index (χ4n) is 4.17. The molecule has 1 atom stereocenters. The van der Waals surface area contributed by atoms with E-state index in [2.05, 4.69) is 26.1 Å². The second-order valence-electron chi connectivity index (χ2n) is 7.92. The minimum atomic E-state index is -0.470. The lowest BCUT2D eigenvalue weighted by Crippen LogP contribution is -2.27. The van der Waals surface area contributed by atoms with Crippen LogP contribution in [0.4, 0.5) is 5.82 Å². The Balaban J connectivity index is 1.88. The van der Waals surface area contributed by atoms with Crippen molar-refractivity contribution in [2.45, 2.75) is 26.4 Å². The molecule has 0 fully saturated rings. The molecule has 0 saturated heterocycles. The molecule has 10 nitrogen and oxygen atoms in total. The lowest BCUT2D eigenvalue weighted by molar-refractivity contribution is 0.227. The zero-order chi connectivity index (χ0) is 23.3. The molecular weight excluding hydrogens is 420 g/mol. The monoisotopic (exact) mass is 440 g/mol. The van der Waals surface area contributed by atoms with Crippen molar-refractivity contribution in [2.24, 2.45) is 7.05 Å². The van der Waals surface area contributed by atoms with Crippen molar-refractivity contribution in [1.29, 1.82) is 5.26 Å². The van der Waals surface area contributed by atoms with Crippen LogP contribution in [0.15, 0.2) is 41.6 Å². The highest BCUT2D eigenvalue weighted by atomic mass is 16.5. The Morgan fingerprint density at radius 1 is 1.24 bits per heavy atom. The van der Waals surface area contributed by atoms with Crippen LogP contribution in [0.2, 0.25) is 0 Å². The van der Waals surface area contributed by atoms with Gasteiger partial charge < -0.3 is 10.5 Å². The number of ether oxygens (including phenoxy) is 1. The highest BCUT2D eigenvalue weighted by Crippen LogP contribution is 2.36. The van der Waals surface area contributed by atoms with Crippen LogP contribution in [0.3, 0.4) is 0 Å². The highest BCUT2D eigenvalue weighted by Gasteiger charge is 2.25. The Hall–Kier alpha value is -4.52. The van der Waals surface area contributed by atoms with Gasteiger partial charge >= 0.3 is 5.69 Å². The van der Waals surface area contributed by atoms with Gasteiger partial charge in [0.25, 0.3) is 0 Å². The van der Waals surface area contributed by atoms with Gasteiger partial charge in [0.15, 0.2) is 11.6 Å². The maximum atomic E-state index is 13.0. The quantitative estimate of drug-likeness (QED) is 0.439. The molecule has 1 aliphatic rings. The normalized spacial score (nSPS) is 14.5. The molecule has 0 saturated carbocycles. The van der Waals surface area contributed by atoms with Crippen LogP contribution in [-0.4, -0.2) is 29.3 Å². The van der Waals surface area contributed by atoms with E-state index in [0.29, 0.717) is 39.8 Å². The zero-order valence-corrected chi connectivity index (χ0v) is 18.3. The maximum Gasteiger partial charge on any atom is 0.355 e. The van der Waals surface area contributed by atoms with Crippen molar-refractivity contribution in [3.8, 4) is 28.6 Å². The van der Waals surface area contributed by atoms with E-state index in [4.69, 9.17) is 10.5 Å². The Kier molecular flexibility index (Phi) is 4.67. The standard InChI is InChI=1S/C23H20N8O2/c1-12-4-5-17-15(6-12)13(2)33-19-7-14(10-26-22(19)25)21-16(29-30(3)18(21)9-24)8-20-27-11-28-23(32)31(17)20/h4-7,10-11,13H,8H2,1-3H3,(H2,25,26)/t13-/m1/s1. The van der Waals surface area contributed by atoms with Crippen LogP contribution >= 0.6 is 0 Å². The summed E-state index contributed by atoms with van der Waals surface area (Å²) in [5, 5.41) is 14.4. The third kappa shape index (κ3) is 3.30. The van der Waals surface area contributed by atoms with Crippen molar-refractivity contribution in [3.63, 3.8) is 0 Å². The van der Waals surface area contributed by atoms with Gasteiger partial charge in [-0.1, -0.05) is 17.7 Å². The van der Waals surface area contributed by atoms with E-state index < -0.39 is 11.8 Å². The number of nitriles is 1. The molecule has 3 aromatic heterocycles. The van der Waals surface area contributed by atoms with E-state index in [1.165, 1.54) is 15.6 Å². The molecule has 0 unspecified atom stereocenters. The Morgan fingerprint density at radius 2 is 2.06 bits per heavy atom. The average molecular weight is 440 g/mol. The average Bonchev–Trinajstić information content (AvgIpc) is 3.09. The predicted molar refractivity (Wildman–Crippen MR) is 120 cm³/mol. The van der Waals surface area contributed by atoms with Gasteiger partial charge in [0.1, 0.15) is 30.0 Å². The summed E-state index contributed by atoms with van der Waals surface area (Å²) in [6.45, 7) is 3.84. The van der Waals surface area contributed by atoms with E-state index in [0.717, 1.165) is 11.1 Å². The third-order valence-corrected chi connectivity index (χ3v) is 5.71. The molecular formula is C23H20N8O2. The number of fused-ring (bicyclic) bond motifs is 7. The highest BCUT2D eigenvalue weighted by molar-refractivity contribution is 5.74. The first kappa shape index (κ1) is 20.4. The number of anilines is 1. The third-order valence-electron chi connectivity index (χ3n) is 5.71. The Bertz CT molecular complexity index is 1510. The van der Waals surface area contributed by atoms with Crippen LogP contribution in [0, 0.1) is 18.3 Å². The molecule has 10 heteroatoms. The fourth-order valence-corrected chi connectivity index (χ4v) is 4.17. The van der Waals surface area contributed by atoms with Crippen molar-refractivity contribution >= 4 is 5.82 Å². The minimum Gasteiger partial charge on any atom is -0.482 e. The number of nitrogens with zero attached hydrogens (tertiary/aromatic N) is 7. The number of hydrogen-bond acceptors (Lipinski definition) is 8. The summed E-state index contributed by atoms with van der Waals surface area (Å²) in [6.07, 6.45) is 2.56. The number of nitrogens with two attached hydrogens (primary N) is 1. The maximum absolute atomic E-state index is 13.0. The van der Waals surface area contributed by atoms with E-state index in [1.54, 1.807) is 19.3 Å². The van der Waals surface area contributed by atoms with Crippen molar-refractivity contribution in [3.05, 3.63) is 75.6 Å². The van der Waals surface area contributed by atoms with E-state index >= 15 is 0 Å². The summed E-state index contributed by atoms with van der Waals surface area (Å²) >= 11 is 0. The van der Waals surface area contributed by atoms with Gasteiger partial charge in [0.2, 0.25) is 0 Å². The van der Waals surface area contributed by atoms with Crippen molar-refractivity contribution < 1.29 is 4.74 Å². The molecule has 164 valence electrons. The van der Waals surface area contributed by atoms with Crippen LogP contribution in [0.5, 0.6) is 5.75 Å². The van der Waals surface area contributed by atoms with E-state index in [1.807, 2.05) is 32.0 Å². The van der Waals surface area contributed by atoms with E-state index in [9.17, 15) is 10.1 Å². The van der Waals surface area contributed by atoms with Crippen LogP contribution < -0.4 is 16.2 Å². The molecule has 2 bridgehead atoms. The summed E-state index contributed by atoms with van der Waals surface area (Å²) in [5.41, 5.74) is 10.2. The summed E-state index contributed by atoms with van der Waals surface area (Å²) in [7, 11) is 1.69. The molecule has 0 aliphatic carbocycles. The largest absolute Gasteiger partial charge is 0.482 e. The molecule has 4 heterocycles. The molecule has 4 aromatic rings. The molecule has 2 N–H and O–H groups in total. The van der Waals surface area contributed by atoms with Crippen LogP contribution in [-0.2, 0) is 13.5 Å². The van der Waals surface area contributed by atoms with Crippen molar-refractivity contribution in [2.75, 3.05) is 5.73 Å². The van der Waals surface area contributed by atoms with Crippen molar-refractivity contribution in [1.82, 2.24) is 29.3 Å². The number of aryl methyl sites for hydroxylation is 2. The number of nitrogen functional groups attached to an aromatic ring is 1. The first-order chi connectivity index (χ1) is 15.9. The number of hydrogen-bond donors (Lipinski definition) is 1. The zero-order valence-electron chi connectivity index (χ0n) is 18.3. The first-order valence-electron chi connectivity index (χ1n) is 10.3. The molecule has 1 aliphatic heterocycles. The number of benzene rings is 1. The molecule has 0 spiro atoms. The predicted octanol–water partition coefficient (Wildman–Crippen LogP) is 2.23. The Morgan fingerprint density at radius 3 is 2.85 bits per heavy atom. The van der Waals surface area contributed by atoms with Crippen LogP contribution in [0.1, 0.15) is 41.4 Å². The minimum absolute atomic E-state index is 0.199. The summed E-state index contributed by atoms with van der Waals surface area (Å²) in [5.74, 6) is 1.05.